The molecule has 1 rings (SSSR count). The summed E-state index contributed by atoms with van der Waals surface area (Å²) in [7, 11) is 0. The number of cyclic esters (lactones) is 1. The van der Waals surface area contributed by atoms with Crippen LogP contribution in [0.4, 0.5) is 4.79 Å². The fourth-order valence-corrected chi connectivity index (χ4v) is 0.860. The molecule has 1 heterocycles. The van der Waals surface area contributed by atoms with Gasteiger partial charge in [0.15, 0.2) is 6.10 Å². The van der Waals surface area contributed by atoms with Crippen LogP contribution in [0, 0.1) is 0 Å². The topological polar surface area (TPSA) is 46.6 Å². The van der Waals surface area contributed by atoms with E-state index in [2.05, 4.69) is 4.74 Å². The third kappa shape index (κ3) is 0.853. The highest BCUT2D eigenvalue weighted by molar-refractivity contribution is 5.99. The molecule has 0 aromatic heterocycles. The lowest BCUT2D eigenvalue weighted by Gasteiger charge is -2.04. The van der Waals surface area contributed by atoms with E-state index in [-0.39, 0.29) is 5.91 Å². The second kappa shape index (κ2) is 2.28. The van der Waals surface area contributed by atoms with Crippen molar-refractivity contribution in [3.8, 4) is 0 Å². The van der Waals surface area contributed by atoms with E-state index in [0.29, 0.717) is 6.54 Å². The standard InChI is InChI=1S/C6H9NO3/c1-3-7-5(8)4(2)10-6(7)9/h4H,3H2,1-2H3. The average Bonchev–Trinajstić information content (AvgIpc) is 2.09. The Balaban J connectivity index is 2.74. The number of nitrogens with zero attached hydrogens (tertiary/aromatic N) is 1. The van der Waals surface area contributed by atoms with Crippen LogP contribution < -0.4 is 0 Å². The van der Waals surface area contributed by atoms with E-state index in [4.69, 9.17) is 0 Å². The van der Waals surface area contributed by atoms with Crippen molar-refractivity contribution in [3.63, 3.8) is 0 Å². The van der Waals surface area contributed by atoms with Crippen molar-refractivity contribution in [3.05, 3.63) is 0 Å². The molecule has 0 radical (unpaired) electrons. The summed E-state index contributed by atoms with van der Waals surface area (Å²) in [4.78, 5) is 22.7. The first kappa shape index (κ1) is 7.05. The molecule has 0 aromatic carbocycles. The molecular weight excluding hydrogens is 134 g/mol. The van der Waals surface area contributed by atoms with Gasteiger partial charge >= 0.3 is 6.09 Å². The predicted molar refractivity (Wildman–Crippen MR) is 33.3 cm³/mol. The van der Waals surface area contributed by atoms with Gasteiger partial charge in [0, 0.05) is 6.54 Å². The summed E-state index contributed by atoms with van der Waals surface area (Å²) in [5.41, 5.74) is 0. The number of hydrogen-bond acceptors (Lipinski definition) is 3. The Morgan fingerprint density at radius 3 is 2.40 bits per heavy atom. The molecule has 0 saturated carbocycles. The summed E-state index contributed by atoms with van der Waals surface area (Å²) in [6.07, 6.45) is -1.12. The summed E-state index contributed by atoms with van der Waals surface area (Å²) < 4.78 is 4.61. The highest BCUT2D eigenvalue weighted by atomic mass is 16.6. The zero-order valence-corrected chi connectivity index (χ0v) is 5.96. The van der Waals surface area contributed by atoms with Gasteiger partial charge in [-0.3, -0.25) is 4.79 Å². The molecule has 4 heteroatoms. The van der Waals surface area contributed by atoms with E-state index < -0.39 is 12.2 Å². The van der Waals surface area contributed by atoms with Crippen molar-refractivity contribution in [2.24, 2.45) is 0 Å². The second-order valence-electron chi connectivity index (χ2n) is 2.11. The number of hydrogen-bond donors (Lipinski definition) is 0. The monoisotopic (exact) mass is 143 g/mol. The fourth-order valence-electron chi connectivity index (χ4n) is 0.860. The minimum Gasteiger partial charge on any atom is -0.436 e. The van der Waals surface area contributed by atoms with Gasteiger partial charge in [-0.2, -0.15) is 0 Å². The van der Waals surface area contributed by atoms with E-state index in [9.17, 15) is 9.59 Å². The zero-order valence-electron chi connectivity index (χ0n) is 5.96. The first-order chi connectivity index (χ1) is 4.66. The molecule has 0 spiro atoms. The summed E-state index contributed by atoms with van der Waals surface area (Å²) >= 11 is 0. The number of carbonyl (C=O) groups is 2. The van der Waals surface area contributed by atoms with Gasteiger partial charge in [-0.05, 0) is 13.8 Å². The SMILES string of the molecule is CCN1C(=O)OC(C)C1=O. The maximum absolute atomic E-state index is 10.9. The van der Waals surface area contributed by atoms with Gasteiger partial charge in [-0.25, -0.2) is 9.69 Å². The van der Waals surface area contributed by atoms with Gasteiger partial charge in [-0.15, -0.1) is 0 Å². The van der Waals surface area contributed by atoms with Gasteiger partial charge in [-0.1, -0.05) is 0 Å². The van der Waals surface area contributed by atoms with Gasteiger partial charge in [0.1, 0.15) is 0 Å². The molecule has 1 unspecified atom stereocenters. The van der Waals surface area contributed by atoms with E-state index in [1.165, 1.54) is 0 Å². The Labute approximate surface area is 58.8 Å². The smallest absolute Gasteiger partial charge is 0.417 e. The van der Waals surface area contributed by atoms with Crippen molar-refractivity contribution >= 4 is 12.0 Å². The number of imide groups is 1. The quantitative estimate of drug-likeness (QED) is 0.533. The molecule has 2 amide bonds. The molecule has 10 heavy (non-hydrogen) atoms. The van der Waals surface area contributed by atoms with Crippen LogP contribution in [0.2, 0.25) is 0 Å². The van der Waals surface area contributed by atoms with E-state index >= 15 is 0 Å². The second-order valence-corrected chi connectivity index (χ2v) is 2.11. The molecule has 0 N–H and O–H groups in total. The molecule has 1 atom stereocenters. The van der Waals surface area contributed by atoms with Crippen LogP contribution >= 0.6 is 0 Å². The molecule has 56 valence electrons. The van der Waals surface area contributed by atoms with Crippen molar-refractivity contribution in [1.82, 2.24) is 4.90 Å². The Morgan fingerprint density at radius 1 is 1.60 bits per heavy atom. The molecule has 0 aromatic rings. The van der Waals surface area contributed by atoms with Crippen molar-refractivity contribution in [2.75, 3.05) is 6.54 Å². The Hall–Kier alpha value is -1.06. The molecule has 1 fully saturated rings. The van der Waals surface area contributed by atoms with Crippen LogP contribution in [0.5, 0.6) is 0 Å². The van der Waals surface area contributed by atoms with Crippen LogP contribution in [0.3, 0.4) is 0 Å². The lowest BCUT2D eigenvalue weighted by molar-refractivity contribution is -0.128. The average molecular weight is 143 g/mol. The summed E-state index contributed by atoms with van der Waals surface area (Å²) in [5.74, 6) is -0.243. The first-order valence-corrected chi connectivity index (χ1v) is 3.18. The van der Waals surface area contributed by atoms with Crippen LogP contribution in [-0.4, -0.2) is 29.5 Å². The largest absolute Gasteiger partial charge is 0.436 e. The molecule has 4 nitrogen and oxygen atoms in total. The minimum absolute atomic E-state index is 0.243. The summed E-state index contributed by atoms with van der Waals surface area (Å²) in [6, 6.07) is 0. The Kier molecular flexibility index (Phi) is 1.61. The Morgan fingerprint density at radius 2 is 2.20 bits per heavy atom. The number of rotatable bonds is 1. The fraction of sp³-hybridized carbons (Fsp3) is 0.667. The molecule has 1 aliphatic heterocycles. The number of ether oxygens (including phenoxy) is 1. The van der Waals surface area contributed by atoms with Crippen LogP contribution in [0.15, 0.2) is 0 Å². The third-order valence-electron chi connectivity index (χ3n) is 1.43. The van der Waals surface area contributed by atoms with Crippen molar-refractivity contribution in [1.29, 1.82) is 0 Å². The van der Waals surface area contributed by atoms with Gasteiger partial charge in [0.25, 0.3) is 5.91 Å². The normalized spacial score (nSPS) is 25.4. The maximum atomic E-state index is 10.9. The van der Waals surface area contributed by atoms with Crippen molar-refractivity contribution < 1.29 is 14.3 Å². The lowest BCUT2D eigenvalue weighted by atomic mass is 10.4. The van der Waals surface area contributed by atoms with E-state index in [1.54, 1.807) is 13.8 Å². The van der Waals surface area contributed by atoms with Crippen LogP contribution in [0.25, 0.3) is 0 Å². The van der Waals surface area contributed by atoms with Crippen LogP contribution in [-0.2, 0) is 9.53 Å². The lowest BCUT2D eigenvalue weighted by Crippen LogP contribution is -2.30. The summed E-state index contributed by atoms with van der Waals surface area (Å²) in [5, 5.41) is 0. The Bertz CT molecular complexity index is 178. The summed E-state index contributed by atoms with van der Waals surface area (Å²) in [6.45, 7) is 3.69. The molecule has 0 aliphatic carbocycles. The van der Waals surface area contributed by atoms with E-state index in [1.807, 2.05) is 0 Å². The van der Waals surface area contributed by atoms with Gasteiger partial charge < -0.3 is 4.74 Å². The zero-order chi connectivity index (χ0) is 7.72. The molecule has 1 saturated heterocycles. The third-order valence-corrected chi connectivity index (χ3v) is 1.43. The number of carbonyl (C=O) groups excluding carboxylic acids is 2. The molecule has 0 bridgehead atoms. The van der Waals surface area contributed by atoms with Gasteiger partial charge in [0.2, 0.25) is 0 Å². The molecular formula is C6H9NO3. The molecule has 1 aliphatic rings. The van der Waals surface area contributed by atoms with Crippen molar-refractivity contribution in [2.45, 2.75) is 20.0 Å². The highest BCUT2D eigenvalue weighted by Gasteiger charge is 2.35. The minimum atomic E-state index is -0.590. The maximum Gasteiger partial charge on any atom is 0.417 e. The van der Waals surface area contributed by atoms with Gasteiger partial charge in [0.05, 0.1) is 0 Å². The highest BCUT2D eigenvalue weighted by Crippen LogP contribution is 2.10. The predicted octanol–water partition coefficient (Wildman–Crippen LogP) is 0.374. The van der Waals surface area contributed by atoms with E-state index in [0.717, 1.165) is 4.90 Å². The first-order valence-electron chi connectivity index (χ1n) is 3.18. The number of likely N-dealkylation sites (N-methyl/N-ethyl adjacent to an activating group) is 1. The number of amides is 2. The van der Waals surface area contributed by atoms with Crippen LogP contribution in [0.1, 0.15) is 13.8 Å².